The maximum atomic E-state index is 13.6. The summed E-state index contributed by atoms with van der Waals surface area (Å²) in [5, 5.41) is 11.7. The van der Waals surface area contributed by atoms with Crippen LogP contribution in [0.1, 0.15) is 23.2 Å². The number of amides is 1. The molecule has 2 rings (SSSR count). The van der Waals surface area contributed by atoms with Gasteiger partial charge in [-0.1, -0.05) is 0 Å². The van der Waals surface area contributed by atoms with E-state index >= 15 is 0 Å². The van der Waals surface area contributed by atoms with Crippen LogP contribution < -0.4 is 10.1 Å². The number of methoxy groups -OCH3 is 1. The number of carbonyl (C=O) groups is 1. The first-order valence-corrected chi connectivity index (χ1v) is 5.37. The number of nitrogens with one attached hydrogen (secondary N) is 1. The first kappa shape index (κ1) is 11.9. The molecule has 1 aromatic carbocycles. The highest BCUT2D eigenvalue weighted by atomic mass is 19.1. The minimum atomic E-state index is -0.629. The van der Waals surface area contributed by atoms with E-state index in [0.717, 1.165) is 18.9 Å². The summed E-state index contributed by atoms with van der Waals surface area (Å²) in [6, 6.07) is 4.06. The molecule has 1 fully saturated rings. The van der Waals surface area contributed by atoms with Gasteiger partial charge >= 0.3 is 0 Å². The van der Waals surface area contributed by atoms with Gasteiger partial charge in [0.05, 0.1) is 24.8 Å². The lowest BCUT2D eigenvalue weighted by Crippen LogP contribution is -2.39. The van der Waals surface area contributed by atoms with E-state index in [1.54, 1.807) is 0 Å². The van der Waals surface area contributed by atoms with Crippen molar-refractivity contribution in [3.8, 4) is 5.75 Å². The van der Waals surface area contributed by atoms with Crippen molar-refractivity contribution in [3.63, 3.8) is 0 Å². The predicted octanol–water partition coefficient (Wildman–Crippen LogP) is 1.09. The lowest BCUT2D eigenvalue weighted by molar-refractivity contribution is 0.0902. The summed E-state index contributed by atoms with van der Waals surface area (Å²) >= 11 is 0. The smallest absolute Gasteiger partial charge is 0.254 e. The van der Waals surface area contributed by atoms with Gasteiger partial charge < -0.3 is 15.2 Å². The quantitative estimate of drug-likeness (QED) is 0.826. The Morgan fingerprint density at radius 1 is 1.59 bits per heavy atom. The number of aliphatic hydroxyl groups is 1. The molecule has 17 heavy (non-hydrogen) atoms. The van der Waals surface area contributed by atoms with Crippen molar-refractivity contribution in [1.29, 1.82) is 0 Å². The molecule has 0 atom stereocenters. The van der Waals surface area contributed by atoms with Crippen LogP contribution in [0.25, 0.3) is 0 Å². The van der Waals surface area contributed by atoms with E-state index in [0.29, 0.717) is 5.75 Å². The molecule has 0 spiro atoms. The molecule has 1 aliphatic carbocycles. The van der Waals surface area contributed by atoms with Crippen molar-refractivity contribution in [1.82, 2.24) is 5.32 Å². The van der Waals surface area contributed by atoms with Crippen molar-refractivity contribution in [2.24, 2.45) is 0 Å². The molecule has 0 bridgehead atoms. The number of hydrogen-bond donors (Lipinski definition) is 2. The summed E-state index contributed by atoms with van der Waals surface area (Å²) in [7, 11) is 1.43. The first-order valence-electron chi connectivity index (χ1n) is 5.37. The van der Waals surface area contributed by atoms with Crippen LogP contribution in [0.4, 0.5) is 4.39 Å². The Labute approximate surface area is 98.4 Å². The third kappa shape index (κ3) is 2.39. The van der Waals surface area contributed by atoms with Crippen LogP contribution in [-0.4, -0.2) is 30.3 Å². The van der Waals surface area contributed by atoms with Gasteiger partial charge in [-0.25, -0.2) is 4.39 Å². The fourth-order valence-electron chi connectivity index (χ4n) is 1.59. The first-order chi connectivity index (χ1) is 8.10. The van der Waals surface area contributed by atoms with E-state index < -0.39 is 17.3 Å². The van der Waals surface area contributed by atoms with Gasteiger partial charge in [0.2, 0.25) is 0 Å². The maximum Gasteiger partial charge on any atom is 0.254 e. The summed E-state index contributed by atoms with van der Waals surface area (Å²) in [5.41, 5.74) is -0.575. The minimum absolute atomic E-state index is 0.0366. The molecule has 0 heterocycles. The van der Waals surface area contributed by atoms with Crippen LogP contribution in [0.2, 0.25) is 0 Å². The minimum Gasteiger partial charge on any atom is -0.497 e. The SMILES string of the molecule is COc1ccc(C(=O)NC2(CO)CC2)c(F)c1. The molecule has 92 valence electrons. The molecule has 0 radical (unpaired) electrons. The van der Waals surface area contributed by atoms with E-state index in [-0.39, 0.29) is 12.2 Å². The highest BCUT2D eigenvalue weighted by Crippen LogP contribution is 2.35. The number of rotatable bonds is 4. The zero-order valence-electron chi connectivity index (χ0n) is 9.50. The van der Waals surface area contributed by atoms with Crippen LogP contribution in [0.3, 0.4) is 0 Å². The molecule has 0 unspecified atom stereocenters. The van der Waals surface area contributed by atoms with E-state index in [9.17, 15) is 9.18 Å². The Morgan fingerprint density at radius 3 is 2.76 bits per heavy atom. The third-order valence-corrected chi connectivity index (χ3v) is 2.96. The Kier molecular flexibility index (Phi) is 3.02. The Bertz CT molecular complexity index is 443. The van der Waals surface area contributed by atoms with E-state index in [1.807, 2.05) is 0 Å². The zero-order chi connectivity index (χ0) is 12.5. The topological polar surface area (TPSA) is 58.6 Å². The molecule has 1 aliphatic rings. The molecule has 0 aliphatic heterocycles. The maximum absolute atomic E-state index is 13.6. The highest BCUT2D eigenvalue weighted by molar-refractivity contribution is 5.95. The van der Waals surface area contributed by atoms with Gasteiger partial charge in [0, 0.05) is 6.07 Å². The number of benzene rings is 1. The normalized spacial score (nSPS) is 16.4. The summed E-state index contributed by atoms with van der Waals surface area (Å²) in [4.78, 5) is 11.8. The van der Waals surface area contributed by atoms with Crippen LogP contribution >= 0.6 is 0 Å². The Hall–Kier alpha value is -1.62. The van der Waals surface area contributed by atoms with Crippen LogP contribution in [0, 0.1) is 5.82 Å². The number of halogens is 1. The standard InChI is InChI=1S/C12H14FNO3/c1-17-8-2-3-9(10(13)6-8)11(16)14-12(7-15)4-5-12/h2-3,6,15H,4-5,7H2,1H3,(H,14,16). The van der Waals surface area contributed by atoms with Gasteiger partial charge in [-0.2, -0.15) is 0 Å². The average molecular weight is 239 g/mol. The lowest BCUT2D eigenvalue weighted by atomic mass is 10.1. The van der Waals surface area contributed by atoms with Gasteiger partial charge in [-0.15, -0.1) is 0 Å². The largest absolute Gasteiger partial charge is 0.497 e. The van der Waals surface area contributed by atoms with Crippen LogP contribution in [0.5, 0.6) is 5.75 Å². The van der Waals surface area contributed by atoms with Crippen molar-refractivity contribution >= 4 is 5.91 Å². The summed E-state index contributed by atoms with van der Waals surface area (Å²) in [5.74, 6) is -0.769. The molecule has 1 saturated carbocycles. The molecule has 2 N–H and O–H groups in total. The number of carbonyl (C=O) groups excluding carboxylic acids is 1. The van der Waals surface area contributed by atoms with Crippen molar-refractivity contribution < 1.29 is 19.0 Å². The van der Waals surface area contributed by atoms with Crippen molar-refractivity contribution in [2.45, 2.75) is 18.4 Å². The second-order valence-corrected chi connectivity index (χ2v) is 4.24. The van der Waals surface area contributed by atoms with Gasteiger partial charge in [-0.3, -0.25) is 4.79 Å². The Balaban J connectivity index is 2.14. The molecule has 4 nitrogen and oxygen atoms in total. The molecule has 0 aromatic heterocycles. The lowest BCUT2D eigenvalue weighted by Gasteiger charge is -2.14. The number of ether oxygens (including phenoxy) is 1. The van der Waals surface area contributed by atoms with E-state index in [4.69, 9.17) is 9.84 Å². The second kappa shape index (κ2) is 4.33. The average Bonchev–Trinajstić information content (AvgIpc) is 3.09. The molecule has 1 aromatic rings. The van der Waals surface area contributed by atoms with Crippen molar-refractivity contribution in [3.05, 3.63) is 29.6 Å². The zero-order valence-corrected chi connectivity index (χ0v) is 9.50. The summed E-state index contributed by atoms with van der Waals surface area (Å²) in [6.45, 7) is -0.115. The van der Waals surface area contributed by atoms with Crippen LogP contribution in [0.15, 0.2) is 18.2 Å². The fourth-order valence-corrected chi connectivity index (χ4v) is 1.59. The predicted molar refractivity (Wildman–Crippen MR) is 59.5 cm³/mol. The molecule has 5 heteroatoms. The Morgan fingerprint density at radius 2 is 2.29 bits per heavy atom. The molecule has 0 saturated heterocycles. The molecular weight excluding hydrogens is 225 g/mol. The number of hydrogen-bond acceptors (Lipinski definition) is 3. The van der Waals surface area contributed by atoms with Gasteiger partial charge in [0.25, 0.3) is 5.91 Å². The van der Waals surface area contributed by atoms with Gasteiger partial charge in [-0.05, 0) is 25.0 Å². The van der Waals surface area contributed by atoms with Crippen molar-refractivity contribution in [2.75, 3.05) is 13.7 Å². The number of aliphatic hydroxyl groups excluding tert-OH is 1. The van der Waals surface area contributed by atoms with Gasteiger partial charge in [0.15, 0.2) is 0 Å². The fraction of sp³-hybridized carbons (Fsp3) is 0.417. The molecular formula is C12H14FNO3. The molecule has 1 amide bonds. The van der Waals surface area contributed by atoms with Gasteiger partial charge in [0.1, 0.15) is 11.6 Å². The highest BCUT2D eigenvalue weighted by Gasteiger charge is 2.43. The summed E-state index contributed by atoms with van der Waals surface area (Å²) < 4.78 is 18.4. The van der Waals surface area contributed by atoms with E-state index in [1.165, 1.54) is 19.2 Å². The summed E-state index contributed by atoms with van der Waals surface area (Å²) in [6.07, 6.45) is 1.46. The third-order valence-electron chi connectivity index (χ3n) is 2.96. The second-order valence-electron chi connectivity index (χ2n) is 4.24. The van der Waals surface area contributed by atoms with Crippen LogP contribution in [-0.2, 0) is 0 Å². The monoisotopic (exact) mass is 239 g/mol. The van der Waals surface area contributed by atoms with E-state index in [2.05, 4.69) is 5.32 Å².